The Labute approximate surface area is 156 Å². The lowest BCUT2D eigenvalue weighted by atomic mass is 10.1. The maximum absolute atomic E-state index is 12.4. The Morgan fingerprint density at radius 1 is 1.27 bits per heavy atom. The van der Waals surface area contributed by atoms with Crippen LogP contribution in [0.4, 0.5) is 5.69 Å². The highest BCUT2D eigenvalue weighted by Gasteiger charge is 2.14. The van der Waals surface area contributed by atoms with E-state index in [2.05, 4.69) is 42.8 Å². The molecule has 26 heavy (non-hydrogen) atoms. The maximum Gasteiger partial charge on any atom is 0.224 e. The SMILES string of the molecule is CCCOc1ccccc1NC(=O)CCc1c(C)nn(CC(C)C)c1C. The number of carbonyl (C=O) groups is 1. The molecule has 0 bridgehead atoms. The lowest BCUT2D eigenvalue weighted by molar-refractivity contribution is -0.116. The summed E-state index contributed by atoms with van der Waals surface area (Å²) in [5.74, 6) is 1.26. The van der Waals surface area contributed by atoms with Gasteiger partial charge in [-0.2, -0.15) is 5.10 Å². The van der Waals surface area contributed by atoms with E-state index in [1.54, 1.807) is 0 Å². The van der Waals surface area contributed by atoms with Crippen LogP contribution in [0.1, 0.15) is 50.6 Å². The highest BCUT2D eigenvalue weighted by atomic mass is 16.5. The number of hydrogen-bond donors (Lipinski definition) is 1. The van der Waals surface area contributed by atoms with Crippen molar-refractivity contribution in [3.63, 3.8) is 0 Å². The Kier molecular flexibility index (Phi) is 7.25. The Morgan fingerprint density at radius 2 is 2.00 bits per heavy atom. The summed E-state index contributed by atoms with van der Waals surface area (Å²) in [5, 5.41) is 7.60. The molecule has 0 radical (unpaired) electrons. The molecule has 5 nitrogen and oxygen atoms in total. The number of carbonyl (C=O) groups excluding carboxylic acids is 1. The first-order chi connectivity index (χ1) is 12.4. The van der Waals surface area contributed by atoms with Crippen LogP contribution in [0.2, 0.25) is 0 Å². The van der Waals surface area contributed by atoms with E-state index in [1.807, 2.05) is 31.2 Å². The van der Waals surface area contributed by atoms with Crippen LogP contribution >= 0.6 is 0 Å². The first-order valence-corrected chi connectivity index (χ1v) is 9.46. The lowest BCUT2D eigenvalue weighted by Gasteiger charge is -2.12. The minimum atomic E-state index is -0.00652. The fraction of sp³-hybridized carbons (Fsp3) is 0.524. The van der Waals surface area contributed by atoms with Gasteiger partial charge in [-0.3, -0.25) is 9.48 Å². The topological polar surface area (TPSA) is 56.1 Å². The van der Waals surface area contributed by atoms with Gasteiger partial charge < -0.3 is 10.1 Å². The van der Waals surface area contributed by atoms with Crippen LogP contribution in [0.5, 0.6) is 5.75 Å². The van der Waals surface area contributed by atoms with E-state index in [9.17, 15) is 4.79 Å². The highest BCUT2D eigenvalue weighted by Crippen LogP contribution is 2.24. The summed E-state index contributed by atoms with van der Waals surface area (Å²) in [6, 6.07) is 7.57. The van der Waals surface area contributed by atoms with E-state index < -0.39 is 0 Å². The minimum Gasteiger partial charge on any atom is -0.491 e. The molecule has 142 valence electrons. The van der Waals surface area contributed by atoms with Crippen LogP contribution in [-0.4, -0.2) is 22.3 Å². The van der Waals surface area contributed by atoms with E-state index in [4.69, 9.17) is 4.74 Å². The third kappa shape index (κ3) is 5.35. The molecule has 0 spiro atoms. The van der Waals surface area contributed by atoms with Crippen molar-refractivity contribution in [1.29, 1.82) is 0 Å². The largest absolute Gasteiger partial charge is 0.491 e. The molecule has 5 heteroatoms. The molecular weight excluding hydrogens is 326 g/mol. The summed E-state index contributed by atoms with van der Waals surface area (Å²) in [6.45, 7) is 12.1. The number of benzene rings is 1. The molecular formula is C21H31N3O2. The van der Waals surface area contributed by atoms with Crippen LogP contribution in [0.15, 0.2) is 24.3 Å². The second-order valence-electron chi connectivity index (χ2n) is 7.12. The van der Waals surface area contributed by atoms with E-state index in [0.717, 1.165) is 35.8 Å². The van der Waals surface area contributed by atoms with Crippen molar-refractivity contribution in [1.82, 2.24) is 9.78 Å². The number of nitrogens with one attached hydrogen (secondary N) is 1. The molecule has 0 aliphatic carbocycles. The molecule has 0 saturated carbocycles. The zero-order chi connectivity index (χ0) is 19.1. The molecule has 1 N–H and O–H groups in total. The van der Waals surface area contributed by atoms with Crippen molar-refractivity contribution in [3.8, 4) is 5.75 Å². The van der Waals surface area contributed by atoms with Gasteiger partial charge in [-0.1, -0.05) is 32.9 Å². The van der Waals surface area contributed by atoms with Crippen molar-refractivity contribution in [2.24, 2.45) is 5.92 Å². The summed E-state index contributed by atoms with van der Waals surface area (Å²) in [6.07, 6.45) is 2.05. The summed E-state index contributed by atoms with van der Waals surface area (Å²) >= 11 is 0. The summed E-state index contributed by atoms with van der Waals surface area (Å²) in [4.78, 5) is 12.4. The van der Waals surface area contributed by atoms with Crippen molar-refractivity contribution in [3.05, 3.63) is 41.2 Å². The van der Waals surface area contributed by atoms with Crippen LogP contribution in [0.25, 0.3) is 0 Å². The molecule has 0 unspecified atom stereocenters. The summed E-state index contributed by atoms with van der Waals surface area (Å²) in [7, 11) is 0. The Morgan fingerprint density at radius 3 is 2.69 bits per heavy atom. The minimum absolute atomic E-state index is 0.00652. The molecule has 1 aromatic heterocycles. The fourth-order valence-corrected chi connectivity index (χ4v) is 2.98. The van der Waals surface area contributed by atoms with E-state index >= 15 is 0 Å². The zero-order valence-electron chi connectivity index (χ0n) is 16.6. The molecule has 0 aliphatic heterocycles. The Hall–Kier alpha value is -2.30. The normalized spacial score (nSPS) is 11.0. The number of rotatable bonds is 9. The van der Waals surface area contributed by atoms with Gasteiger partial charge in [-0.15, -0.1) is 0 Å². The number of anilines is 1. The van der Waals surface area contributed by atoms with Crippen LogP contribution < -0.4 is 10.1 Å². The second kappa shape index (κ2) is 9.41. The van der Waals surface area contributed by atoms with Gasteiger partial charge in [0.1, 0.15) is 5.75 Å². The van der Waals surface area contributed by atoms with Gasteiger partial charge in [0, 0.05) is 18.7 Å². The Balaban J connectivity index is 1.99. The number of hydrogen-bond acceptors (Lipinski definition) is 3. The molecule has 0 saturated heterocycles. The predicted molar refractivity (Wildman–Crippen MR) is 106 cm³/mol. The molecule has 0 aliphatic rings. The number of para-hydroxylation sites is 2. The molecule has 1 aromatic carbocycles. The monoisotopic (exact) mass is 357 g/mol. The number of ether oxygens (including phenoxy) is 1. The number of amides is 1. The maximum atomic E-state index is 12.4. The molecule has 1 amide bonds. The molecule has 2 rings (SSSR count). The van der Waals surface area contributed by atoms with Gasteiger partial charge in [0.05, 0.1) is 18.0 Å². The van der Waals surface area contributed by atoms with Gasteiger partial charge in [0.15, 0.2) is 0 Å². The van der Waals surface area contributed by atoms with Crippen molar-refractivity contribution < 1.29 is 9.53 Å². The predicted octanol–water partition coefficient (Wildman–Crippen LogP) is 4.52. The van der Waals surface area contributed by atoms with Crippen LogP contribution in [0.3, 0.4) is 0 Å². The molecule has 2 aromatic rings. The van der Waals surface area contributed by atoms with Crippen LogP contribution in [-0.2, 0) is 17.8 Å². The van der Waals surface area contributed by atoms with E-state index in [-0.39, 0.29) is 5.91 Å². The molecule has 1 heterocycles. The summed E-state index contributed by atoms with van der Waals surface area (Å²) in [5.41, 5.74) is 4.09. The quantitative estimate of drug-likeness (QED) is 0.718. The van der Waals surface area contributed by atoms with E-state index in [0.29, 0.717) is 25.4 Å². The standard InChI is InChI=1S/C21H31N3O2/c1-6-13-26-20-10-8-7-9-19(20)22-21(25)12-11-18-16(4)23-24(17(18)5)14-15(2)3/h7-10,15H,6,11-14H2,1-5H3,(H,22,25). The Bertz CT molecular complexity index is 735. The third-order valence-corrected chi connectivity index (χ3v) is 4.29. The zero-order valence-corrected chi connectivity index (χ0v) is 16.6. The number of nitrogens with zero attached hydrogens (tertiary/aromatic N) is 2. The first-order valence-electron chi connectivity index (χ1n) is 9.46. The lowest BCUT2D eigenvalue weighted by Crippen LogP contribution is -2.14. The van der Waals surface area contributed by atoms with Gasteiger partial charge in [0.25, 0.3) is 0 Å². The smallest absolute Gasteiger partial charge is 0.224 e. The van der Waals surface area contributed by atoms with Crippen molar-refractivity contribution in [2.75, 3.05) is 11.9 Å². The van der Waals surface area contributed by atoms with E-state index in [1.165, 1.54) is 5.56 Å². The fourth-order valence-electron chi connectivity index (χ4n) is 2.98. The highest BCUT2D eigenvalue weighted by molar-refractivity contribution is 5.92. The first kappa shape index (κ1) is 20.0. The second-order valence-corrected chi connectivity index (χ2v) is 7.12. The summed E-state index contributed by atoms with van der Waals surface area (Å²) < 4.78 is 7.76. The van der Waals surface area contributed by atoms with Crippen molar-refractivity contribution >= 4 is 11.6 Å². The van der Waals surface area contributed by atoms with Gasteiger partial charge in [-0.25, -0.2) is 0 Å². The number of aryl methyl sites for hydroxylation is 1. The molecule has 0 atom stereocenters. The third-order valence-electron chi connectivity index (χ3n) is 4.29. The van der Waals surface area contributed by atoms with Gasteiger partial charge in [0.2, 0.25) is 5.91 Å². The average molecular weight is 357 g/mol. The van der Waals surface area contributed by atoms with Gasteiger partial charge >= 0.3 is 0 Å². The van der Waals surface area contributed by atoms with Crippen LogP contribution in [0, 0.1) is 19.8 Å². The van der Waals surface area contributed by atoms with Gasteiger partial charge in [-0.05, 0) is 50.3 Å². The average Bonchev–Trinajstić information content (AvgIpc) is 2.85. The molecule has 0 fully saturated rings. The van der Waals surface area contributed by atoms with Crippen molar-refractivity contribution in [2.45, 2.75) is 60.4 Å². The number of aromatic nitrogens is 2.